The molecule has 8 N–H and O–H groups in total. The van der Waals surface area contributed by atoms with Crippen LogP contribution in [-0.2, 0) is 19.2 Å². The van der Waals surface area contributed by atoms with Crippen LogP contribution in [0.15, 0.2) is 30.5 Å². The molecule has 1 aromatic carbocycles. The zero-order chi connectivity index (χ0) is 32.3. The molecule has 0 unspecified atom stereocenters. The molecule has 0 aliphatic carbocycles. The number of hydrogen-bond donors (Lipinski definition) is 7. The molecular weight excluding hydrogens is 554 g/mol. The normalized spacial score (nSPS) is 14.4. The van der Waals surface area contributed by atoms with Crippen molar-refractivity contribution in [1.82, 2.24) is 26.3 Å². The highest BCUT2D eigenvalue weighted by Crippen LogP contribution is 2.17. The average molecular weight is 603 g/mol. The van der Waals surface area contributed by atoms with Crippen molar-refractivity contribution in [3.63, 3.8) is 0 Å². The van der Waals surface area contributed by atoms with Crippen LogP contribution in [0.3, 0.4) is 0 Å². The smallest absolute Gasteiger partial charge is 0.254 e. The lowest BCUT2D eigenvalue weighted by Gasteiger charge is -2.27. The summed E-state index contributed by atoms with van der Waals surface area (Å²) in [4.78, 5) is 67.2. The van der Waals surface area contributed by atoms with Gasteiger partial charge in [-0.15, -0.1) is 0 Å². The Bertz CT molecular complexity index is 1270. The minimum absolute atomic E-state index is 0.0117. The Morgan fingerprint density at radius 2 is 1.47 bits per heavy atom. The van der Waals surface area contributed by atoms with Gasteiger partial charge in [-0.25, -0.2) is 0 Å². The number of rotatable bonds is 17. The van der Waals surface area contributed by atoms with Gasteiger partial charge in [0, 0.05) is 17.1 Å². The summed E-state index contributed by atoms with van der Waals surface area (Å²) in [5, 5.41) is 20.7. The van der Waals surface area contributed by atoms with Crippen LogP contribution in [0.1, 0.15) is 56.8 Å². The van der Waals surface area contributed by atoms with E-state index in [0.717, 1.165) is 28.4 Å². The first-order valence-corrected chi connectivity index (χ1v) is 14.6. The molecule has 0 spiro atoms. The van der Waals surface area contributed by atoms with Crippen LogP contribution in [0.2, 0.25) is 0 Å². The highest BCUT2D eigenvalue weighted by atomic mass is 16.3. The van der Waals surface area contributed by atoms with Crippen LogP contribution in [-0.4, -0.2) is 103 Å². The van der Waals surface area contributed by atoms with Crippen molar-refractivity contribution < 1.29 is 33.6 Å². The highest BCUT2D eigenvalue weighted by Gasteiger charge is 2.30. The van der Waals surface area contributed by atoms with Gasteiger partial charge in [0.2, 0.25) is 23.6 Å². The van der Waals surface area contributed by atoms with Crippen molar-refractivity contribution in [3.8, 4) is 0 Å². The van der Waals surface area contributed by atoms with E-state index in [-0.39, 0.29) is 18.8 Å². The SMILES string of the molecule is CC(C)C[C@H](NC(=O)[C@H](C)NC(=O)c1c[nH]c2ccccc12)C(=O)N[C@@H](CCCC[N+](C)(C)C)C(=O)N[C@@H](CO)C(N)=O. The van der Waals surface area contributed by atoms with Crippen molar-refractivity contribution in [2.24, 2.45) is 11.7 Å². The summed E-state index contributed by atoms with van der Waals surface area (Å²) >= 11 is 0. The first-order chi connectivity index (χ1) is 20.1. The lowest BCUT2D eigenvalue weighted by Crippen LogP contribution is -2.58. The Balaban J connectivity index is 2.13. The molecule has 0 fully saturated rings. The number of aromatic amines is 1. The average Bonchev–Trinajstić information content (AvgIpc) is 3.36. The topological polar surface area (TPSA) is 196 Å². The van der Waals surface area contributed by atoms with E-state index in [1.165, 1.54) is 6.92 Å². The van der Waals surface area contributed by atoms with Crippen LogP contribution < -0.4 is 27.0 Å². The summed E-state index contributed by atoms with van der Waals surface area (Å²) < 4.78 is 0.731. The molecule has 43 heavy (non-hydrogen) atoms. The number of nitrogens with two attached hydrogens (primary N) is 1. The third-order valence-electron chi connectivity index (χ3n) is 6.96. The fourth-order valence-corrected chi connectivity index (χ4v) is 4.55. The number of unbranched alkanes of at least 4 members (excludes halogenated alkanes) is 1. The first kappa shape index (κ1) is 35.2. The lowest BCUT2D eigenvalue weighted by atomic mass is 10.0. The van der Waals surface area contributed by atoms with Gasteiger partial charge in [0.15, 0.2) is 0 Å². The second-order valence-corrected chi connectivity index (χ2v) is 12.4. The fraction of sp³-hybridized carbons (Fsp3) is 0.567. The third kappa shape index (κ3) is 11.3. The first-order valence-electron chi connectivity index (χ1n) is 14.6. The number of fused-ring (bicyclic) bond motifs is 1. The van der Waals surface area contributed by atoms with Gasteiger partial charge < -0.3 is 41.6 Å². The van der Waals surface area contributed by atoms with E-state index < -0.39 is 60.3 Å². The number of para-hydroxylation sites is 1. The Kier molecular flexibility index (Phi) is 13.1. The molecule has 2 rings (SSSR count). The predicted molar refractivity (Wildman–Crippen MR) is 164 cm³/mol. The van der Waals surface area contributed by atoms with E-state index in [2.05, 4.69) is 26.3 Å². The molecule has 13 nitrogen and oxygen atoms in total. The van der Waals surface area contributed by atoms with Crippen LogP contribution >= 0.6 is 0 Å². The molecule has 0 bridgehead atoms. The molecule has 5 amide bonds. The number of hydrogen-bond acceptors (Lipinski definition) is 6. The number of aliphatic hydroxyl groups excluding tert-OH is 1. The molecule has 238 valence electrons. The van der Waals surface area contributed by atoms with E-state index in [4.69, 9.17) is 5.73 Å². The van der Waals surface area contributed by atoms with Gasteiger partial charge in [-0.3, -0.25) is 24.0 Å². The van der Waals surface area contributed by atoms with Gasteiger partial charge in [-0.1, -0.05) is 32.0 Å². The zero-order valence-corrected chi connectivity index (χ0v) is 26.0. The van der Waals surface area contributed by atoms with Gasteiger partial charge in [-0.2, -0.15) is 0 Å². The number of nitrogens with zero attached hydrogens (tertiary/aromatic N) is 1. The van der Waals surface area contributed by atoms with Crippen molar-refractivity contribution in [1.29, 1.82) is 0 Å². The highest BCUT2D eigenvalue weighted by molar-refractivity contribution is 6.08. The van der Waals surface area contributed by atoms with Gasteiger partial charge in [0.1, 0.15) is 24.2 Å². The zero-order valence-electron chi connectivity index (χ0n) is 26.0. The Morgan fingerprint density at radius 1 is 0.860 bits per heavy atom. The van der Waals surface area contributed by atoms with Crippen LogP contribution in [0.4, 0.5) is 0 Å². The number of benzene rings is 1. The molecule has 1 aromatic heterocycles. The third-order valence-corrected chi connectivity index (χ3v) is 6.96. The molecular formula is C30H48N7O6+. The largest absolute Gasteiger partial charge is 0.394 e. The predicted octanol–water partition coefficient (Wildman–Crippen LogP) is 0.141. The number of aliphatic hydroxyl groups is 1. The van der Waals surface area contributed by atoms with Crippen molar-refractivity contribution >= 4 is 40.4 Å². The maximum Gasteiger partial charge on any atom is 0.254 e. The second-order valence-electron chi connectivity index (χ2n) is 12.4. The minimum Gasteiger partial charge on any atom is -0.394 e. The van der Waals surface area contributed by atoms with Crippen molar-refractivity contribution in [2.75, 3.05) is 34.3 Å². The number of H-pyrrole nitrogens is 1. The Labute approximate surface area is 252 Å². The molecule has 1 heterocycles. The van der Waals surface area contributed by atoms with Crippen LogP contribution in [0.25, 0.3) is 10.9 Å². The second kappa shape index (κ2) is 16.0. The van der Waals surface area contributed by atoms with Crippen molar-refractivity contribution in [3.05, 3.63) is 36.0 Å². The summed E-state index contributed by atoms with van der Waals surface area (Å²) in [5.41, 5.74) is 6.44. The quantitative estimate of drug-likeness (QED) is 0.0993. The fourth-order valence-electron chi connectivity index (χ4n) is 4.55. The Morgan fingerprint density at radius 3 is 2.07 bits per heavy atom. The monoisotopic (exact) mass is 602 g/mol. The molecule has 0 saturated carbocycles. The number of nitrogens with one attached hydrogen (secondary N) is 5. The van der Waals surface area contributed by atoms with Gasteiger partial charge in [0.05, 0.1) is 39.9 Å². The van der Waals surface area contributed by atoms with E-state index in [1.807, 2.05) is 53.2 Å². The molecule has 0 aliphatic heterocycles. The summed E-state index contributed by atoms with van der Waals surface area (Å²) in [6.07, 6.45) is 3.50. The molecule has 2 aromatic rings. The van der Waals surface area contributed by atoms with Crippen LogP contribution in [0.5, 0.6) is 0 Å². The lowest BCUT2D eigenvalue weighted by molar-refractivity contribution is -0.870. The molecule has 0 radical (unpaired) electrons. The molecule has 0 aliphatic rings. The molecule has 13 heteroatoms. The number of aromatic nitrogens is 1. The standard InChI is InChI=1S/C30H47N7O6/c1-18(2)15-24(35-27(40)19(3)33-28(41)21-16-32-22-12-8-7-11-20(21)22)30(43)34-23(13-9-10-14-37(4,5)6)29(42)36-25(17-38)26(31)39/h7-8,11-12,16,18-19,23-25,38H,9-10,13-15,17H2,1-6H3,(H6-,31,32,33,34,35,36,39,40,41,42,43)/p+1/t19-,23-,24-,25-/m0/s1. The van der Waals surface area contributed by atoms with Crippen LogP contribution in [0, 0.1) is 5.92 Å². The summed E-state index contributed by atoms with van der Waals surface area (Å²) in [7, 11) is 6.15. The van der Waals surface area contributed by atoms with Crippen molar-refractivity contribution in [2.45, 2.75) is 70.6 Å². The van der Waals surface area contributed by atoms with E-state index in [9.17, 15) is 29.1 Å². The number of quaternary nitrogens is 1. The summed E-state index contributed by atoms with van der Waals surface area (Å²) in [6, 6.07) is 3.02. The number of carbonyl (C=O) groups is 5. The number of amides is 5. The number of primary amides is 1. The Hall–Kier alpha value is -3.97. The van der Waals surface area contributed by atoms with Gasteiger partial charge in [-0.05, 0) is 44.6 Å². The maximum atomic E-state index is 13.4. The van der Waals surface area contributed by atoms with E-state index in [0.29, 0.717) is 12.0 Å². The van der Waals surface area contributed by atoms with E-state index >= 15 is 0 Å². The van der Waals surface area contributed by atoms with E-state index in [1.54, 1.807) is 12.3 Å². The minimum atomic E-state index is -1.30. The molecule has 4 atom stereocenters. The van der Waals surface area contributed by atoms with Gasteiger partial charge in [0.25, 0.3) is 5.91 Å². The number of carbonyl (C=O) groups excluding carboxylic acids is 5. The summed E-state index contributed by atoms with van der Waals surface area (Å²) in [6.45, 7) is 5.47. The maximum absolute atomic E-state index is 13.4. The molecule has 0 saturated heterocycles. The summed E-state index contributed by atoms with van der Waals surface area (Å²) in [5.74, 6) is -3.14. The van der Waals surface area contributed by atoms with Gasteiger partial charge >= 0.3 is 0 Å².